The predicted molar refractivity (Wildman–Crippen MR) is 61.2 cm³/mol. The summed E-state index contributed by atoms with van der Waals surface area (Å²) in [4.78, 5) is 13.9. The van der Waals surface area contributed by atoms with Gasteiger partial charge in [-0.25, -0.2) is 0 Å². The summed E-state index contributed by atoms with van der Waals surface area (Å²) in [5.41, 5.74) is 0. The number of likely N-dealkylation sites (N-methyl/N-ethyl adjacent to an activating group) is 1. The fourth-order valence-corrected chi connectivity index (χ4v) is 1.56. The molecule has 2 atom stereocenters. The second kappa shape index (κ2) is 6.45. The maximum absolute atomic E-state index is 11.8. The van der Waals surface area contributed by atoms with E-state index in [0.717, 1.165) is 13.0 Å². The SMILES string of the molecule is CC(Br)CCN(C)C(=O)C1COCCO1. The Morgan fingerprint density at radius 1 is 1.60 bits per heavy atom. The third-order valence-electron chi connectivity index (χ3n) is 2.33. The number of carbonyl (C=O) groups excluding carboxylic acids is 1. The van der Waals surface area contributed by atoms with E-state index in [4.69, 9.17) is 9.47 Å². The quantitative estimate of drug-likeness (QED) is 0.722. The van der Waals surface area contributed by atoms with Crippen LogP contribution in [0.2, 0.25) is 0 Å². The van der Waals surface area contributed by atoms with Crippen molar-refractivity contribution in [3.8, 4) is 0 Å². The van der Waals surface area contributed by atoms with Crippen LogP contribution < -0.4 is 0 Å². The number of carbonyl (C=O) groups is 1. The van der Waals surface area contributed by atoms with Crippen LogP contribution in [0.25, 0.3) is 0 Å². The molecule has 5 heteroatoms. The largest absolute Gasteiger partial charge is 0.376 e. The van der Waals surface area contributed by atoms with Crippen LogP contribution >= 0.6 is 15.9 Å². The highest BCUT2D eigenvalue weighted by atomic mass is 79.9. The van der Waals surface area contributed by atoms with Crippen LogP contribution in [0, 0.1) is 0 Å². The number of alkyl halides is 1. The first-order valence-corrected chi connectivity index (χ1v) is 6.11. The first-order valence-electron chi connectivity index (χ1n) is 5.19. The molecule has 15 heavy (non-hydrogen) atoms. The highest BCUT2D eigenvalue weighted by Gasteiger charge is 2.25. The molecule has 0 N–H and O–H groups in total. The molecule has 1 heterocycles. The van der Waals surface area contributed by atoms with Gasteiger partial charge in [0.2, 0.25) is 0 Å². The summed E-state index contributed by atoms with van der Waals surface area (Å²) in [5.74, 6) is 0.0165. The van der Waals surface area contributed by atoms with Crippen molar-refractivity contribution in [1.82, 2.24) is 4.90 Å². The van der Waals surface area contributed by atoms with Gasteiger partial charge in [0.1, 0.15) is 0 Å². The fourth-order valence-electron chi connectivity index (χ4n) is 1.36. The minimum Gasteiger partial charge on any atom is -0.376 e. The molecule has 0 saturated carbocycles. The van der Waals surface area contributed by atoms with Crippen LogP contribution in [0.1, 0.15) is 13.3 Å². The van der Waals surface area contributed by atoms with E-state index in [0.29, 0.717) is 24.6 Å². The molecular formula is C10H18BrNO3. The summed E-state index contributed by atoms with van der Waals surface area (Å²) in [6.45, 7) is 4.29. The predicted octanol–water partition coefficient (Wildman–Crippen LogP) is 1.03. The van der Waals surface area contributed by atoms with E-state index in [-0.39, 0.29) is 5.91 Å². The average Bonchev–Trinajstić information content (AvgIpc) is 2.26. The van der Waals surface area contributed by atoms with Crippen LogP contribution in [-0.4, -0.2) is 55.2 Å². The van der Waals surface area contributed by atoms with Crippen LogP contribution in [0.3, 0.4) is 0 Å². The molecule has 1 aliphatic rings. The molecule has 88 valence electrons. The van der Waals surface area contributed by atoms with E-state index in [1.165, 1.54) is 0 Å². The molecule has 0 radical (unpaired) electrons. The zero-order chi connectivity index (χ0) is 11.3. The summed E-state index contributed by atoms with van der Waals surface area (Å²) in [7, 11) is 1.80. The fraction of sp³-hybridized carbons (Fsp3) is 0.900. The minimum atomic E-state index is -0.408. The zero-order valence-corrected chi connectivity index (χ0v) is 10.8. The Hall–Kier alpha value is -0.130. The molecule has 0 aromatic carbocycles. The van der Waals surface area contributed by atoms with Crippen molar-refractivity contribution in [2.24, 2.45) is 0 Å². The first kappa shape index (κ1) is 12.9. The van der Waals surface area contributed by atoms with Crippen molar-refractivity contribution in [3.05, 3.63) is 0 Å². The Morgan fingerprint density at radius 3 is 2.87 bits per heavy atom. The van der Waals surface area contributed by atoms with Gasteiger partial charge in [-0.05, 0) is 6.42 Å². The number of hydrogen-bond acceptors (Lipinski definition) is 3. The zero-order valence-electron chi connectivity index (χ0n) is 9.24. The van der Waals surface area contributed by atoms with Gasteiger partial charge in [0.25, 0.3) is 5.91 Å². The van der Waals surface area contributed by atoms with E-state index < -0.39 is 6.10 Å². The molecule has 2 unspecified atom stereocenters. The molecule has 1 amide bonds. The Morgan fingerprint density at radius 2 is 2.33 bits per heavy atom. The second-order valence-corrected chi connectivity index (χ2v) is 5.33. The average molecular weight is 280 g/mol. The van der Waals surface area contributed by atoms with Gasteiger partial charge in [-0.3, -0.25) is 4.79 Å². The van der Waals surface area contributed by atoms with Gasteiger partial charge in [0.15, 0.2) is 6.10 Å². The van der Waals surface area contributed by atoms with Crippen LogP contribution in [0.5, 0.6) is 0 Å². The number of halogens is 1. The third-order valence-corrected chi connectivity index (χ3v) is 2.79. The number of ether oxygens (including phenoxy) is 2. The third kappa shape index (κ3) is 4.49. The lowest BCUT2D eigenvalue weighted by molar-refractivity contribution is -0.156. The maximum Gasteiger partial charge on any atom is 0.253 e. The Labute approximate surface area is 99.0 Å². The Bertz CT molecular complexity index is 205. The molecular weight excluding hydrogens is 262 g/mol. The Balaban J connectivity index is 2.30. The van der Waals surface area contributed by atoms with Gasteiger partial charge in [-0.15, -0.1) is 0 Å². The number of hydrogen-bond donors (Lipinski definition) is 0. The normalized spacial score (nSPS) is 23.5. The van der Waals surface area contributed by atoms with E-state index in [1.54, 1.807) is 11.9 Å². The van der Waals surface area contributed by atoms with Crippen molar-refractivity contribution in [1.29, 1.82) is 0 Å². The summed E-state index contributed by atoms with van der Waals surface area (Å²) in [5, 5.41) is 0. The summed E-state index contributed by atoms with van der Waals surface area (Å²) in [6, 6.07) is 0. The molecule has 0 spiro atoms. The first-order chi connectivity index (χ1) is 7.11. The van der Waals surface area contributed by atoms with E-state index in [9.17, 15) is 4.79 Å². The molecule has 1 saturated heterocycles. The van der Waals surface area contributed by atoms with Gasteiger partial charge in [0.05, 0.1) is 19.8 Å². The van der Waals surface area contributed by atoms with Gasteiger partial charge < -0.3 is 14.4 Å². The molecule has 1 fully saturated rings. The van der Waals surface area contributed by atoms with Crippen molar-refractivity contribution in [2.75, 3.05) is 33.4 Å². The van der Waals surface area contributed by atoms with Gasteiger partial charge >= 0.3 is 0 Å². The van der Waals surface area contributed by atoms with E-state index in [1.807, 2.05) is 0 Å². The molecule has 4 nitrogen and oxygen atoms in total. The lowest BCUT2D eigenvalue weighted by Crippen LogP contribution is -2.44. The topological polar surface area (TPSA) is 38.8 Å². The van der Waals surface area contributed by atoms with Crippen LogP contribution in [0.15, 0.2) is 0 Å². The van der Waals surface area contributed by atoms with Crippen LogP contribution in [0.4, 0.5) is 0 Å². The summed E-state index contributed by atoms with van der Waals surface area (Å²) >= 11 is 3.45. The number of amides is 1. The maximum atomic E-state index is 11.8. The molecule has 0 aromatic heterocycles. The summed E-state index contributed by atoms with van der Waals surface area (Å²) < 4.78 is 10.5. The van der Waals surface area contributed by atoms with Gasteiger partial charge in [0, 0.05) is 18.4 Å². The molecule has 0 bridgehead atoms. The lowest BCUT2D eigenvalue weighted by atomic mass is 10.2. The van der Waals surface area contributed by atoms with Crippen LogP contribution in [-0.2, 0) is 14.3 Å². The van der Waals surface area contributed by atoms with E-state index in [2.05, 4.69) is 22.9 Å². The highest BCUT2D eigenvalue weighted by molar-refractivity contribution is 9.09. The van der Waals surface area contributed by atoms with E-state index >= 15 is 0 Å². The Kier molecular flexibility index (Phi) is 5.56. The van der Waals surface area contributed by atoms with Gasteiger partial charge in [-0.2, -0.15) is 0 Å². The van der Waals surface area contributed by atoms with Crippen molar-refractivity contribution >= 4 is 21.8 Å². The van der Waals surface area contributed by atoms with Gasteiger partial charge in [-0.1, -0.05) is 22.9 Å². The van der Waals surface area contributed by atoms with Crippen molar-refractivity contribution in [2.45, 2.75) is 24.3 Å². The molecule has 1 rings (SSSR count). The number of rotatable bonds is 4. The molecule has 1 aliphatic heterocycles. The lowest BCUT2D eigenvalue weighted by Gasteiger charge is -2.27. The van der Waals surface area contributed by atoms with Crippen molar-refractivity contribution < 1.29 is 14.3 Å². The minimum absolute atomic E-state index is 0.0165. The molecule has 0 aliphatic carbocycles. The second-order valence-electron chi connectivity index (χ2n) is 3.76. The smallest absolute Gasteiger partial charge is 0.253 e. The monoisotopic (exact) mass is 279 g/mol. The molecule has 0 aromatic rings. The number of nitrogens with zero attached hydrogens (tertiary/aromatic N) is 1. The summed E-state index contributed by atoms with van der Waals surface area (Å²) in [6.07, 6.45) is 0.532. The van der Waals surface area contributed by atoms with Crippen molar-refractivity contribution in [3.63, 3.8) is 0 Å². The highest BCUT2D eigenvalue weighted by Crippen LogP contribution is 2.07. The standard InChI is InChI=1S/C10H18BrNO3/c1-8(11)3-4-12(2)10(13)9-7-14-5-6-15-9/h8-9H,3-7H2,1-2H3.